The molecule has 57 heavy (non-hydrogen) atoms. The van der Waals surface area contributed by atoms with Crippen molar-refractivity contribution in [3.8, 4) is 67.5 Å². The zero-order valence-corrected chi connectivity index (χ0v) is 30.8. The van der Waals surface area contributed by atoms with Crippen molar-refractivity contribution in [3.05, 3.63) is 200 Å². The highest BCUT2D eigenvalue weighted by Crippen LogP contribution is 2.41. The summed E-state index contributed by atoms with van der Waals surface area (Å²) in [6.07, 6.45) is 0. The molecule has 0 radical (unpaired) electrons. The first kappa shape index (κ1) is 32.7. The first-order valence-electron chi connectivity index (χ1n) is 19.2. The van der Waals surface area contributed by atoms with Crippen LogP contribution >= 0.6 is 0 Å². The Balaban J connectivity index is 0.963. The lowest BCUT2D eigenvalue weighted by molar-refractivity contribution is 0.673. The summed E-state index contributed by atoms with van der Waals surface area (Å²) in [5, 5.41) is 6.99. The van der Waals surface area contributed by atoms with Gasteiger partial charge < -0.3 is 4.42 Å². The number of rotatable bonds is 6. The molecule has 0 spiro atoms. The van der Waals surface area contributed by atoms with E-state index in [2.05, 4.69) is 140 Å². The van der Waals surface area contributed by atoms with Crippen LogP contribution in [0.25, 0.3) is 111 Å². The van der Waals surface area contributed by atoms with Crippen molar-refractivity contribution in [3.63, 3.8) is 0 Å². The lowest BCUT2D eigenvalue weighted by Gasteiger charge is -2.10. The highest BCUT2D eigenvalue weighted by Gasteiger charge is 2.17. The Bertz CT molecular complexity index is 3220. The Labute approximate surface area is 329 Å². The first-order valence-corrected chi connectivity index (χ1v) is 19.2. The molecule has 0 saturated heterocycles. The van der Waals surface area contributed by atoms with Gasteiger partial charge in [-0.3, -0.25) is 0 Å². The third-order valence-corrected chi connectivity index (χ3v) is 10.9. The smallest absolute Gasteiger partial charge is 0.164 e. The largest absolute Gasteiger partial charge is 0.455 e. The molecule has 2 aromatic heterocycles. The summed E-state index contributed by atoms with van der Waals surface area (Å²) in [7, 11) is 0. The SMILES string of the molecule is c1ccc(-c2nc(-c3ccccc3)nc(-c3ccc(-c4cccc(-c5ccc6oc7c8ccccc8c(-c8ccc9ccccc9c8)cc7c6c5)c4)cc3)n2)cc1. The van der Waals surface area contributed by atoms with Crippen molar-refractivity contribution in [2.45, 2.75) is 0 Å². The number of aromatic nitrogens is 3. The summed E-state index contributed by atoms with van der Waals surface area (Å²) < 4.78 is 6.61. The molecule has 266 valence electrons. The van der Waals surface area contributed by atoms with Gasteiger partial charge in [-0.25, -0.2) is 15.0 Å². The molecule has 0 atom stereocenters. The molecular weight excluding hydrogens is 695 g/mol. The number of hydrogen-bond acceptors (Lipinski definition) is 4. The van der Waals surface area contributed by atoms with Gasteiger partial charge >= 0.3 is 0 Å². The van der Waals surface area contributed by atoms with Gasteiger partial charge in [-0.15, -0.1) is 0 Å². The van der Waals surface area contributed by atoms with Crippen molar-refractivity contribution in [2.24, 2.45) is 0 Å². The normalized spacial score (nSPS) is 11.5. The number of fused-ring (bicyclic) bond motifs is 6. The van der Waals surface area contributed by atoms with E-state index in [-0.39, 0.29) is 0 Å². The summed E-state index contributed by atoms with van der Waals surface area (Å²) in [5.74, 6) is 1.94. The van der Waals surface area contributed by atoms with Crippen LogP contribution < -0.4 is 0 Å². The van der Waals surface area contributed by atoms with Crippen LogP contribution in [0.4, 0.5) is 0 Å². The number of benzene rings is 9. The van der Waals surface area contributed by atoms with Crippen LogP contribution in [0.2, 0.25) is 0 Å². The van der Waals surface area contributed by atoms with Crippen LogP contribution in [-0.2, 0) is 0 Å². The molecule has 9 aromatic carbocycles. The van der Waals surface area contributed by atoms with E-state index in [0.29, 0.717) is 17.5 Å². The average molecular weight is 728 g/mol. The summed E-state index contributed by atoms with van der Waals surface area (Å²) in [6, 6.07) is 70.1. The fraction of sp³-hybridized carbons (Fsp3) is 0. The van der Waals surface area contributed by atoms with E-state index in [4.69, 9.17) is 19.4 Å². The molecule has 0 aliphatic rings. The second kappa shape index (κ2) is 13.6. The van der Waals surface area contributed by atoms with Crippen LogP contribution in [0, 0.1) is 0 Å². The van der Waals surface area contributed by atoms with E-state index in [1.807, 2.05) is 60.7 Å². The third kappa shape index (κ3) is 5.92. The Morgan fingerprint density at radius 2 is 0.789 bits per heavy atom. The molecule has 0 aliphatic carbocycles. The molecule has 0 unspecified atom stereocenters. The fourth-order valence-corrected chi connectivity index (χ4v) is 8.00. The van der Waals surface area contributed by atoms with E-state index >= 15 is 0 Å². The van der Waals surface area contributed by atoms with Crippen molar-refractivity contribution in [1.29, 1.82) is 0 Å². The molecule has 11 rings (SSSR count). The van der Waals surface area contributed by atoms with Crippen LogP contribution in [0.15, 0.2) is 205 Å². The molecular formula is C53H33N3O. The lowest BCUT2D eigenvalue weighted by Crippen LogP contribution is -2.00. The first-order chi connectivity index (χ1) is 28.2. The van der Waals surface area contributed by atoms with Gasteiger partial charge in [0.2, 0.25) is 0 Å². The molecule has 2 heterocycles. The van der Waals surface area contributed by atoms with Crippen LogP contribution in [0.1, 0.15) is 0 Å². The third-order valence-electron chi connectivity index (χ3n) is 10.9. The Hall–Kier alpha value is -7.69. The van der Waals surface area contributed by atoms with E-state index < -0.39 is 0 Å². The van der Waals surface area contributed by atoms with E-state index in [9.17, 15) is 0 Å². The van der Waals surface area contributed by atoms with Crippen molar-refractivity contribution >= 4 is 43.5 Å². The monoisotopic (exact) mass is 727 g/mol. The van der Waals surface area contributed by atoms with Crippen molar-refractivity contribution in [1.82, 2.24) is 15.0 Å². The predicted octanol–water partition coefficient (Wildman–Crippen LogP) is 14.1. The maximum Gasteiger partial charge on any atom is 0.164 e. The van der Waals surface area contributed by atoms with E-state index in [0.717, 1.165) is 66.3 Å². The molecule has 4 heteroatoms. The highest BCUT2D eigenvalue weighted by molar-refractivity contribution is 6.19. The highest BCUT2D eigenvalue weighted by atomic mass is 16.3. The van der Waals surface area contributed by atoms with Gasteiger partial charge in [-0.2, -0.15) is 0 Å². The minimum Gasteiger partial charge on any atom is -0.455 e. The minimum atomic E-state index is 0.639. The van der Waals surface area contributed by atoms with Crippen LogP contribution in [0.5, 0.6) is 0 Å². The average Bonchev–Trinajstić information content (AvgIpc) is 3.67. The summed E-state index contributed by atoms with van der Waals surface area (Å²) in [6.45, 7) is 0. The minimum absolute atomic E-state index is 0.639. The van der Waals surface area contributed by atoms with Gasteiger partial charge in [0.1, 0.15) is 11.2 Å². The summed E-state index contributed by atoms with van der Waals surface area (Å²) in [5.41, 5.74) is 11.5. The molecule has 0 saturated carbocycles. The maximum atomic E-state index is 6.61. The van der Waals surface area contributed by atoms with E-state index in [1.54, 1.807) is 0 Å². The zero-order valence-electron chi connectivity index (χ0n) is 30.8. The Morgan fingerprint density at radius 1 is 0.281 bits per heavy atom. The summed E-state index contributed by atoms with van der Waals surface area (Å²) in [4.78, 5) is 14.7. The second-order valence-electron chi connectivity index (χ2n) is 14.4. The van der Waals surface area contributed by atoms with Crippen LogP contribution in [0.3, 0.4) is 0 Å². The quantitative estimate of drug-likeness (QED) is 0.171. The second-order valence-corrected chi connectivity index (χ2v) is 14.4. The van der Waals surface area contributed by atoms with Gasteiger partial charge in [0.15, 0.2) is 17.5 Å². The Morgan fingerprint density at radius 3 is 1.49 bits per heavy atom. The molecule has 0 bridgehead atoms. The number of hydrogen-bond donors (Lipinski definition) is 0. The lowest BCUT2D eigenvalue weighted by atomic mass is 9.93. The molecule has 0 fully saturated rings. The van der Waals surface area contributed by atoms with E-state index in [1.165, 1.54) is 27.3 Å². The van der Waals surface area contributed by atoms with Gasteiger partial charge in [0.05, 0.1) is 0 Å². The fourth-order valence-electron chi connectivity index (χ4n) is 8.00. The molecule has 0 aliphatic heterocycles. The standard InChI is InChI=1S/C53H33N3O/c1-3-13-36(14-4-1)51-54-52(37-15-5-2-6-16-37)56-53(55-51)38-25-22-35(23-26-38)40-18-11-19-41(30-40)42-28-29-49-47(32-42)48-33-46(44-20-9-10-21-45(44)50(48)57-49)43-27-24-34-12-7-8-17-39(34)31-43/h1-33H. The van der Waals surface area contributed by atoms with Gasteiger partial charge in [0, 0.05) is 32.8 Å². The predicted molar refractivity (Wildman–Crippen MR) is 235 cm³/mol. The Kier molecular flexibility index (Phi) is 7.78. The summed E-state index contributed by atoms with van der Waals surface area (Å²) >= 11 is 0. The van der Waals surface area contributed by atoms with Crippen LogP contribution in [-0.4, -0.2) is 15.0 Å². The van der Waals surface area contributed by atoms with Gasteiger partial charge in [-0.05, 0) is 79.9 Å². The molecule has 0 amide bonds. The molecule has 4 nitrogen and oxygen atoms in total. The maximum absolute atomic E-state index is 6.61. The molecule has 11 aromatic rings. The van der Waals surface area contributed by atoms with Crippen molar-refractivity contribution < 1.29 is 4.42 Å². The van der Waals surface area contributed by atoms with Gasteiger partial charge in [0.25, 0.3) is 0 Å². The van der Waals surface area contributed by atoms with Crippen molar-refractivity contribution in [2.75, 3.05) is 0 Å². The number of furan rings is 1. The van der Waals surface area contributed by atoms with Gasteiger partial charge in [-0.1, -0.05) is 170 Å². The molecule has 0 N–H and O–H groups in total. The number of nitrogens with zero attached hydrogens (tertiary/aromatic N) is 3. The topological polar surface area (TPSA) is 51.8 Å². The zero-order chi connectivity index (χ0) is 37.7.